The first kappa shape index (κ1) is 19.6. The van der Waals surface area contributed by atoms with Gasteiger partial charge in [0, 0.05) is 26.2 Å². The maximum atomic E-state index is 13.5. The summed E-state index contributed by atoms with van der Waals surface area (Å²) in [5, 5.41) is 4.68. The Morgan fingerprint density at radius 2 is 1.62 bits per heavy atom. The number of hydrogen-bond donors (Lipinski definition) is 0. The van der Waals surface area contributed by atoms with E-state index in [1.54, 1.807) is 0 Å². The number of para-hydroxylation sites is 1. The quantitative estimate of drug-likeness (QED) is 0.658. The maximum absolute atomic E-state index is 13.5. The van der Waals surface area contributed by atoms with Crippen LogP contribution >= 0.6 is 0 Å². The second-order valence-electron chi connectivity index (χ2n) is 7.12. The van der Waals surface area contributed by atoms with Crippen LogP contribution in [0.25, 0.3) is 5.69 Å². The molecule has 0 amide bonds. The zero-order chi connectivity index (χ0) is 20.6. The number of piperazine rings is 1. The van der Waals surface area contributed by atoms with Crippen molar-refractivity contribution < 1.29 is 12.8 Å². The zero-order valence-electron chi connectivity index (χ0n) is 16.4. The van der Waals surface area contributed by atoms with Gasteiger partial charge in [-0.15, -0.1) is 0 Å². The number of anilines is 1. The average molecular weight is 415 g/mol. The van der Waals surface area contributed by atoms with Crippen LogP contribution in [-0.4, -0.2) is 48.7 Å². The monoisotopic (exact) mass is 414 g/mol. The fraction of sp³-hybridized carbons (Fsp3) is 0.286. The summed E-state index contributed by atoms with van der Waals surface area (Å²) in [6, 6.07) is 15.1. The van der Waals surface area contributed by atoms with Crippen molar-refractivity contribution in [1.29, 1.82) is 0 Å². The molecule has 0 atom stereocenters. The van der Waals surface area contributed by atoms with Gasteiger partial charge < -0.3 is 4.90 Å². The predicted molar refractivity (Wildman–Crippen MR) is 110 cm³/mol. The van der Waals surface area contributed by atoms with Crippen molar-refractivity contribution in [1.82, 2.24) is 14.1 Å². The van der Waals surface area contributed by atoms with Gasteiger partial charge in [-0.2, -0.15) is 9.40 Å². The number of nitrogens with zero attached hydrogens (tertiary/aromatic N) is 4. The van der Waals surface area contributed by atoms with Gasteiger partial charge in [-0.25, -0.2) is 17.5 Å². The smallest absolute Gasteiger partial charge is 0.243 e. The second kappa shape index (κ2) is 7.61. The molecule has 152 valence electrons. The van der Waals surface area contributed by atoms with Crippen LogP contribution in [0.15, 0.2) is 59.5 Å². The highest BCUT2D eigenvalue weighted by molar-refractivity contribution is 7.89. The normalized spacial score (nSPS) is 15.6. The van der Waals surface area contributed by atoms with Crippen molar-refractivity contribution >= 4 is 15.7 Å². The van der Waals surface area contributed by atoms with Gasteiger partial charge in [0.15, 0.2) is 0 Å². The third kappa shape index (κ3) is 3.65. The predicted octanol–water partition coefficient (Wildman–Crippen LogP) is 3.14. The minimum Gasteiger partial charge on any atom is -0.366 e. The summed E-state index contributed by atoms with van der Waals surface area (Å²) in [7, 11) is -3.70. The van der Waals surface area contributed by atoms with Gasteiger partial charge in [0.25, 0.3) is 0 Å². The minimum atomic E-state index is -3.70. The summed E-state index contributed by atoms with van der Waals surface area (Å²) in [5.41, 5.74) is 3.96. The lowest BCUT2D eigenvalue weighted by Gasteiger charge is -2.35. The largest absolute Gasteiger partial charge is 0.366 e. The third-order valence-corrected chi connectivity index (χ3v) is 7.14. The Labute approximate surface area is 170 Å². The van der Waals surface area contributed by atoms with Crippen LogP contribution in [-0.2, 0) is 10.0 Å². The number of benzene rings is 2. The van der Waals surface area contributed by atoms with Crippen LogP contribution in [0.5, 0.6) is 0 Å². The molecule has 8 heteroatoms. The van der Waals surface area contributed by atoms with Gasteiger partial charge in [0.1, 0.15) is 5.82 Å². The highest BCUT2D eigenvalue weighted by atomic mass is 32.2. The van der Waals surface area contributed by atoms with E-state index in [1.807, 2.05) is 48.9 Å². The lowest BCUT2D eigenvalue weighted by Crippen LogP contribution is -2.49. The van der Waals surface area contributed by atoms with Crippen molar-refractivity contribution in [3.05, 3.63) is 71.8 Å². The molecule has 0 saturated carbocycles. The van der Waals surface area contributed by atoms with Crippen LogP contribution in [0.3, 0.4) is 0 Å². The number of aromatic nitrogens is 2. The first-order valence-electron chi connectivity index (χ1n) is 9.50. The van der Waals surface area contributed by atoms with E-state index in [4.69, 9.17) is 0 Å². The van der Waals surface area contributed by atoms with Gasteiger partial charge in [0.2, 0.25) is 10.0 Å². The zero-order valence-corrected chi connectivity index (χ0v) is 17.2. The van der Waals surface area contributed by atoms with Gasteiger partial charge in [-0.3, -0.25) is 0 Å². The molecular formula is C21H23FN4O2S. The molecule has 4 rings (SSSR count). The maximum Gasteiger partial charge on any atom is 0.243 e. The van der Waals surface area contributed by atoms with Crippen molar-refractivity contribution in [2.75, 3.05) is 31.1 Å². The molecule has 0 N–H and O–H groups in total. The molecule has 2 heterocycles. The molecular weight excluding hydrogens is 391 g/mol. The Hall–Kier alpha value is -2.71. The standard InChI is InChI=1S/C21H23FN4O2S/c1-16-21(17(2)26(23-16)19-8-4-3-5-9-19)24-11-13-25(14-12-24)29(27,28)20-10-6-7-18(22)15-20/h3-10,15H,11-14H2,1-2H3. The summed E-state index contributed by atoms with van der Waals surface area (Å²) in [5.74, 6) is -0.552. The summed E-state index contributed by atoms with van der Waals surface area (Å²) in [4.78, 5) is 2.17. The van der Waals surface area contributed by atoms with E-state index in [0.717, 1.165) is 28.8 Å². The lowest BCUT2D eigenvalue weighted by atomic mass is 10.2. The van der Waals surface area contributed by atoms with Crippen molar-refractivity contribution in [2.24, 2.45) is 0 Å². The molecule has 0 radical (unpaired) electrons. The van der Waals surface area contributed by atoms with Crippen molar-refractivity contribution in [2.45, 2.75) is 18.7 Å². The Balaban J connectivity index is 1.54. The van der Waals surface area contributed by atoms with Crippen LogP contribution in [0.4, 0.5) is 10.1 Å². The number of rotatable bonds is 4. The Morgan fingerprint density at radius 1 is 0.931 bits per heavy atom. The molecule has 29 heavy (non-hydrogen) atoms. The number of sulfonamides is 1. The molecule has 0 bridgehead atoms. The highest BCUT2D eigenvalue weighted by Crippen LogP contribution is 2.28. The Morgan fingerprint density at radius 3 is 2.28 bits per heavy atom. The molecule has 1 aliphatic rings. The molecule has 2 aromatic carbocycles. The first-order valence-corrected chi connectivity index (χ1v) is 10.9. The van der Waals surface area contributed by atoms with E-state index in [0.29, 0.717) is 26.2 Å². The summed E-state index contributed by atoms with van der Waals surface area (Å²) in [6.07, 6.45) is 0. The van der Waals surface area contributed by atoms with Crippen LogP contribution in [0.1, 0.15) is 11.4 Å². The Kier molecular flexibility index (Phi) is 5.14. The molecule has 1 aliphatic heterocycles. The molecule has 6 nitrogen and oxygen atoms in total. The fourth-order valence-corrected chi connectivity index (χ4v) is 5.30. The van der Waals surface area contributed by atoms with Crippen LogP contribution in [0.2, 0.25) is 0 Å². The SMILES string of the molecule is Cc1nn(-c2ccccc2)c(C)c1N1CCN(S(=O)(=O)c2cccc(F)c2)CC1. The van der Waals surface area contributed by atoms with Crippen LogP contribution < -0.4 is 4.90 Å². The van der Waals surface area contributed by atoms with E-state index in [2.05, 4.69) is 10.00 Å². The summed E-state index contributed by atoms with van der Waals surface area (Å²) >= 11 is 0. The van der Waals surface area contributed by atoms with E-state index in [-0.39, 0.29) is 4.90 Å². The minimum absolute atomic E-state index is 0.00444. The topological polar surface area (TPSA) is 58.4 Å². The fourth-order valence-electron chi connectivity index (χ4n) is 3.84. The summed E-state index contributed by atoms with van der Waals surface area (Å²) in [6.45, 7) is 5.78. The van der Waals surface area contributed by atoms with Crippen molar-refractivity contribution in [3.8, 4) is 5.69 Å². The van der Waals surface area contributed by atoms with Crippen LogP contribution in [0, 0.1) is 19.7 Å². The first-order chi connectivity index (χ1) is 13.9. The van der Waals surface area contributed by atoms with Gasteiger partial charge in [-0.05, 0) is 44.2 Å². The molecule has 1 saturated heterocycles. The third-order valence-electron chi connectivity index (χ3n) is 5.24. The van der Waals surface area contributed by atoms with E-state index < -0.39 is 15.8 Å². The average Bonchev–Trinajstić information content (AvgIpc) is 3.03. The second-order valence-corrected chi connectivity index (χ2v) is 9.05. The van der Waals surface area contributed by atoms with Gasteiger partial charge >= 0.3 is 0 Å². The molecule has 3 aromatic rings. The highest BCUT2D eigenvalue weighted by Gasteiger charge is 2.30. The number of aryl methyl sites for hydroxylation is 1. The van der Waals surface area contributed by atoms with Crippen molar-refractivity contribution in [3.63, 3.8) is 0 Å². The molecule has 0 unspecified atom stereocenters. The molecule has 1 aromatic heterocycles. The van der Waals surface area contributed by atoms with E-state index in [9.17, 15) is 12.8 Å². The molecule has 0 aliphatic carbocycles. The van der Waals surface area contributed by atoms with Gasteiger partial charge in [0.05, 0.1) is 27.7 Å². The van der Waals surface area contributed by atoms with E-state index >= 15 is 0 Å². The number of halogens is 1. The molecule has 0 spiro atoms. The molecule has 1 fully saturated rings. The Bertz CT molecular complexity index is 1120. The number of hydrogen-bond acceptors (Lipinski definition) is 4. The lowest BCUT2D eigenvalue weighted by molar-refractivity contribution is 0.384. The van der Waals surface area contributed by atoms with Gasteiger partial charge in [-0.1, -0.05) is 24.3 Å². The van der Waals surface area contributed by atoms with E-state index in [1.165, 1.54) is 22.5 Å². The summed E-state index contributed by atoms with van der Waals surface area (Å²) < 4.78 is 42.5.